The molecule has 4 heteroatoms. The van der Waals surface area contributed by atoms with Crippen molar-refractivity contribution in [2.24, 2.45) is 0 Å². The molecule has 0 spiro atoms. The number of hydrogen-bond acceptors (Lipinski definition) is 2. The highest BCUT2D eigenvalue weighted by molar-refractivity contribution is 5.80. The van der Waals surface area contributed by atoms with Crippen molar-refractivity contribution >= 4 is 16.8 Å². The van der Waals surface area contributed by atoms with Crippen LogP contribution in [0.15, 0.2) is 29.1 Å². The quantitative estimate of drug-likeness (QED) is 0.945. The van der Waals surface area contributed by atoms with Gasteiger partial charge in [0.05, 0.1) is 6.54 Å². The molecule has 1 amide bonds. The first-order valence-electron chi connectivity index (χ1n) is 7.65. The number of carbonyl (C=O) groups is 1. The van der Waals surface area contributed by atoms with Gasteiger partial charge in [0, 0.05) is 23.0 Å². The summed E-state index contributed by atoms with van der Waals surface area (Å²) in [7, 11) is 0. The molecule has 2 aromatic rings. The van der Waals surface area contributed by atoms with Gasteiger partial charge in [-0.05, 0) is 50.8 Å². The number of aryl methyl sites for hydroxylation is 1. The Morgan fingerprint density at radius 2 is 1.91 bits per heavy atom. The molecule has 0 fully saturated rings. The second-order valence-electron chi connectivity index (χ2n) is 6.72. The molecule has 22 heavy (non-hydrogen) atoms. The van der Waals surface area contributed by atoms with Gasteiger partial charge in [0.2, 0.25) is 5.91 Å². The normalized spacial score (nSPS) is 11.7. The van der Waals surface area contributed by atoms with Crippen molar-refractivity contribution in [2.45, 2.75) is 53.1 Å². The lowest BCUT2D eigenvalue weighted by atomic mass is 10.0. The molecule has 0 radical (unpaired) electrons. The summed E-state index contributed by atoms with van der Waals surface area (Å²) in [6, 6.07) is 7.85. The smallest absolute Gasteiger partial charge is 0.253 e. The Labute approximate surface area is 131 Å². The third-order valence-corrected chi connectivity index (χ3v) is 3.82. The number of nitrogens with zero attached hydrogens (tertiary/aromatic N) is 1. The van der Waals surface area contributed by atoms with Crippen molar-refractivity contribution in [3.05, 3.63) is 45.7 Å². The Morgan fingerprint density at radius 1 is 1.23 bits per heavy atom. The van der Waals surface area contributed by atoms with Crippen molar-refractivity contribution in [2.75, 3.05) is 0 Å². The fraction of sp³-hybridized carbons (Fsp3) is 0.444. The highest BCUT2D eigenvalue weighted by Crippen LogP contribution is 2.19. The van der Waals surface area contributed by atoms with Gasteiger partial charge in [0.25, 0.3) is 5.56 Å². The van der Waals surface area contributed by atoms with E-state index >= 15 is 0 Å². The summed E-state index contributed by atoms with van der Waals surface area (Å²) in [6.45, 7) is 10.1. The van der Waals surface area contributed by atoms with E-state index in [2.05, 4.69) is 4.98 Å². The minimum Gasteiger partial charge on any atom is -0.333 e. The van der Waals surface area contributed by atoms with Gasteiger partial charge in [-0.3, -0.25) is 9.59 Å². The Bertz CT molecular complexity index is 754. The second kappa shape index (κ2) is 5.95. The molecule has 118 valence electrons. The molecule has 0 saturated carbocycles. The highest BCUT2D eigenvalue weighted by atomic mass is 16.2. The second-order valence-corrected chi connectivity index (χ2v) is 6.72. The number of aromatic nitrogens is 1. The maximum absolute atomic E-state index is 12.3. The number of H-pyrrole nitrogens is 1. The average molecular weight is 300 g/mol. The van der Waals surface area contributed by atoms with Gasteiger partial charge < -0.3 is 9.88 Å². The Balaban J connectivity index is 2.45. The average Bonchev–Trinajstić information content (AvgIpc) is 2.43. The summed E-state index contributed by atoms with van der Waals surface area (Å²) in [5.41, 5.74) is 2.11. The lowest BCUT2D eigenvalue weighted by molar-refractivity contribution is -0.136. The van der Waals surface area contributed by atoms with Crippen LogP contribution in [0.4, 0.5) is 0 Å². The standard InChI is InChI=1S/C18H24N2O2/c1-6-16(21)20(18(3,4)5)11-14-10-13-8-7-12(2)9-15(13)19-17(14)22/h7-10H,6,11H2,1-5H3,(H,19,22). The van der Waals surface area contributed by atoms with Gasteiger partial charge >= 0.3 is 0 Å². The van der Waals surface area contributed by atoms with Gasteiger partial charge in [0.1, 0.15) is 0 Å². The first-order chi connectivity index (χ1) is 10.2. The molecule has 1 aromatic heterocycles. The highest BCUT2D eigenvalue weighted by Gasteiger charge is 2.26. The van der Waals surface area contributed by atoms with Crippen LogP contribution in [0.2, 0.25) is 0 Å². The van der Waals surface area contributed by atoms with Crippen LogP contribution in [0.25, 0.3) is 10.9 Å². The molecule has 4 nitrogen and oxygen atoms in total. The van der Waals surface area contributed by atoms with Crippen LogP contribution in [0.1, 0.15) is 45.2 Å². The summed E-state index contributed by atoms with van der Waals surface area (Å²) in [5, 5.41) is 0.984. The molecule has 0 saturated heterocycles. The van der Waals surface area contributed by atoms with Crippen molar-refractivity contribution in [1.82, 2.24) is 9.88 Å². The number of hydrogen-bond donors (Lipinski definition) is 1. The van der Waals surface area contributed by atoms with Crippen molar-refractivity contribution in [3.8, 4) is 0 Å². The zero-order chi connectivity index (χ0) is 16.5. The van der Waals surface area contributed by atoms with Crippen LogP contribution in [0, 0.1) is 6.92 Å². The van der Waals surface area contributed by atoms with E-state index in [-0.39, 0.29) is 17.0 Å². The number of pyridine rings is 1. The zero-order valence-electron chi connectivity index (χ0n) is 14.0. The fourth-order valence-corrected chi connectivity index (χ4v) is 2.54. The lowest BCUT2D eigenvalue weighted by Gasteiger charge is -2.35. The first kappa shape index (κ1) is 16.3. The molecule has 1 N–H and O–H groups in total. The molecule has 1 aromatic carbocycles. The number of aromatic amines is 1. The SMILES string of the molecule is CCC(=O)N(Cc1cc2ccc(C)cc2[nH]c1=O)C(C)(C)C. The molecular weight excluding hydrogens is 276 g/mol. The van der Waals surface area contributed by atoms with Gasteiger partial charge in [-0.2, -0.15) is 0 Å². The number of fused-ring (bicyclic) bond motifs is 1. The first-order valence-corrected chi connectivity index (χ1v) is 7.65. The van der Waals surface area contributed by atoms with E-state index in [0.29, 0.717) is 18.5 Å². The molecule has 0 aliphatic rings. The predicted molar refractivity (Wildman–Crippen MR) is 89.9 cm³/mol. The summed E-state index contributed by atoms with van der Waals surface area (Å²) in [6.07, 6.45) is 0.432. The van der Waals surface area contributed by atoms with Gasteiger partial charge in [0.15, 0.2) is 0 Å². The molecule has 1 heterocycles. The van der Waals surface area contributed by atoms with Crippen molar-refractivity contribution in [1.29, 1.82) is 0 Å². The topological polar surface area (TPSA) is 53.2 Å². The molecule has 0 aliphatic heterocycles. The number of benzene rings is 1. The summed E-state index contributed by atoms with van der Waals surface area (Å²) < 4.78 is 0. The Hall–Kier alpha value is -2.10. The maximum atomic E-state index is 12.3. The van der Waals surface area contributed by atoms with Crippen LogP contribution < -0.4 is 5.56 Å². The van der Waals surface area contributed by atoms with Gasteiger partial charge in [-0.15, -0.1) is 0 Å². The Morgan fingerprint density at radius 3 is 2.50 bits per heavy atom. The number of rotatable bonds is 3. The monoisotopic (exact) mass is 300 g/mol. The van der Waals surface area contributed by atoms with E-state index in [1.165, 1.54) is 0 Å². The van der Waals surface area contributed by atoms with E-state index in [0.717, 1.165) is 16.5 Å². The summed E-state index contributed by atoms with van der Waals surface area (Å²) in [4.78, 5) is 29.2. The third-order valence-electron chi connectivity index (χ3n) is 3.82. The molecule has 2 rings (SSSR count). The Kier molecular flexibility index (Phi) is 4.40. The van der Waals surface area contributed by atoms with Crippen LogP contribution in [-0.2, 0) is 11.3 Å². The number of amides is 1. The van der Waals surface area contributed by atoms with E-state index in [4.69, 9.17) is 0 Å². The van der Waals surface area contributed by atoms with Crippen LogP contribution in [-0.4, -0.2) is 21.3 Å². The summed E-state index contributed by atoms with van der Waals surface area (Å²) in [5.74, 6) is 0.0518. The molecule has 0 atom stereocenters. The molecular formula is C18H24N2O2. The maximum Gasteiger partial charge on any atom is 0.253 e. The number of nitrogens with one attached hydrogen (secondary N) is 1. The number of carbonyl (C=O) groups excluding carboxylic acids is 1. The lowest BCUT2D eigenvalue weighted by Crippen LogP contribution is -2.45. The van der Waals surface area contributed by atoms with E-state index in [9.17, 15) is 9.59 Å². The van der Waals surface area contributed by atoms with Crippen molar-refractivity contribution in [3.63, 3.8) is 0 Å². The zero-order valence-corrected chi connectivity index (χ0v) is 14.0. The van der Waals surface area contributed by atoms with E-state index in [1.54, 1.807) is 4.90 Å². The van der Waals surface area contributed by atoms with E-state index < -0.39 is 0 Å². The largest absolute Gasteiger partial charge is 0.333 e. The predicted octanol–water partition coefficient (Wildman–Crippen LogP) is 3.37. The summed E-state index contributed by atoms with van der Waals surface area (Å²) >= 11 is 0. The van der Waals surface area contributed by atoms with Crippen LogP contribution in [0.5, 0.6) is 0 Å². The van der Waals surface area contributed by atoms with Crippen LogP contribution in [0.3, 0.4) is 0 Å². The minimum atomic E-state index is -0.318. The van der Waals surface area contributed by atoms with E-state index in [1.807, 2.05) is 58.9 Å². The minimum absolute atomic E-state index is 0.0518. The van der Waals surface area contributed by atoms with Crippen molar-refractivity contribution < 1.29 is 4.79 Å². The van der Waals surface area contributed by atoms with Gasteiger partial charge in [-0.25, -0.2) is 0 Å². The molecule has 0 unspecified atom stereocenters. The fourth-order valence-electron chi connectivity index (χ4n) is 2.54. The molecule has 0 bridgehead atoms. The third kappa shape index (κ3) is 3.38. The molecule has 0 aliphatic carbocycles. The van der Waals surface area contributed by atoms with Crippen LogP contribution >= 0.6 is 0 Å². The van der Waals surface area contributed by atoms with Gasteiger partial charge in [-0.1, -0.05) is 19.1 Å².